The van der Waals surface area contributed by atoms with Gasteiger partial charge < -0.3 is 15.1 Å². The molecule has 0 spiro atoms. The van der Waals surface area contributed by atoms with Gasteiger partial charge in [-0.25, -0.2) is 0 Å². The summed E-state index contributed by atoms with van der Waals surface area (Å²) in [6.07, 6.45) is 1.05. The molecule has 1 heterocycles. The topological polar surface area (TPSA) is 67.6 Å². The molecule has 1 amide bonds. The van der Waals surface area contributed by atoms with Crippen LogP contribution in [0.3, 0.4) is 0 Å². The lowest BCUT2D eigenvalue weighted by molar-refractivity contribution is -0.0225. The van der Waals surface area contributed by atoms with E-state index in [9.17, 15) is 4.79 Å². The summed E-state index contributed by atoms with van der Waals surface area (Å²) in [5.41, 5.74) is 4.96. The Morgan fingerprint density at radius 3 is 3.05 bits per heavy atom. The molecule has 1 saturated heterocycles. The molecule has 0 saturated carbocycles. The van der Waals surface area contributed by atoms with Crippen molar-refractivity contribution in [1.29, 1.82) is 0 Å². The number of nitrogens with zero attached hydrogens (tertiary/aromatic N) is 1. The number of hydrazine groups is 1. The molecule has 104 valence electrons. The van der Waals surface area contributed by atoms with Gasteiger partial charge in [-0.05, 0) is 31.0 Å². The average molecular weight is 263 g/mol. The van der Waals surface area contributed by atoms with Crippen LogP contribution >= 0.6 is 0 Å². The maximum Gasteiger partial charge on any atom is 0.256 e. The van der Waals surface area contributed by atoms with Gasteiger partial charge in [0.1, 0.15) is 0 Å². The van der Waals surface area contributed by atoms with E-state index >= 15 is 0 Å². The SMILES string of the molecule is CCC1CN(C(=O)c2ccc(C)cc2NN)CCO1. The zero-order valence-electron chi connectivity index (χ0n) is 11.5. The number of amides is 1. The number of hydrogen-bond acceptors (Lipinski definition) is 4. The quantitative estimate of drug-likeness (QED) is 0.641. The second-order valence-corrected chi connectivity index (χ2v) is 4.85. The van der Waals surface area contributed by atoms with Crippen LogP contribution in [0.5, 0.6) is 0 Å². The first-order valence-corrected chi connectivity index (χ1v) is 6.63. The zero-order chi connectivity index (χ0) is 13.8. The molecular formula is C14H21N3O2. The Bertz CT molecular complexity index is 462. The number of aryl methyl sites for hydroxylation is 1. The van der Waals surface area contributed by atoms with Crippen molar-refractivity contribution >= 4 is 11.6 Å². The van der Waals surface area contributed by atoms with Crippen molar-refractivity contribution in [2.45, 2.75) is 26.4 Å². The number of nitrogen functional groups attached to an aromatic ring is 1. The fourth-order valence-corrected chi connectivity index (χ4v) is 2.29. The van der Waals surface area contributed by atoms with Crippen molar-refractivity contribution in [3.63, 3.8) is 0 Å². The number of nitrogens with one attached hydrogen (secondary N) is 1. The van der Waals surface area contributed by atoms with E-state index in [1.165, 1.54) is 0 Å². The third-order valence-corrected chi connectivity index (χ3v) is 3.44. The van der Waals surface area contributed by atoms with Gasteiger partial charge in [-0.1, -0.05) is 13.0 Å². The molecule has 0 radical (unpaired) electrons. The van der Waals surface area contributed by atoms with Crippen molar-refractivity contribution in [3.05, 3.63) is 29.3 Å². The lowest BCUT2D eigenvalue weighted by Crippen LogP contribution is -2.45. The van der Waals surface area contributed by atoms with E-state index in [-0.39, 0.29) is 12.0 Å². The molecule has 1 atom stereocenters. The third-order valence-electron chi connectivity index (χ3n) is 3.44. The van der Waals surface area contributed by atoms with Gasteiger partial charge in [0, 0.05) is 13.1 Å². The van der Waals surface area contributed by atoms with Crippen molar-refractivity contribution in [2.75, 3.05) is 25.1 Å². The molecule has 1 aliphatic rings. The molecule has 0 aliphatic carbocycles. The second kappa shape index (κ2) is 6.04. The van der Waals surface area contributed by atoms with Crippen molar-refractivity contribution in [2.24, 2.45) is 5.84 Å². The summed E-state index contributed by atoms with van der Waals surface area (Å²) in [4.78, 5) is 14.4. The molecular weight excluding hydrogens is 242 g/mol. The number of benzene rings is 1. The molecule has 1 aliphatic heterocycles. The fourth-order valence-electron chi connectivity index (χ4n) is 2.29. The summed E-state index contributed by atoms with van der Waals surface area (Å²) < 4.78 is 5.58. The van der Waals surface area contributed by atoms with Gasteiger partial charge >= 0.3 is 0 Å². The lowest BCUT2D eigenvalue weighted by atomic mass is 10.1. The van der Waals surface area contributed by atoms with E-state index < -0.39 is 0 Å². The largest absolute Gasteiger partial charge is 0.375 e. The highest BCUT2D eigenvalue weighted by Crippen LogP contribution is 2.20. The maximum atomic E-state index is 12.5. The monoisotopic (exact) mass is 263 g/mol. The van der Waals surface area contributed by atoms with Gasteiger partial charge in [-0.3, -0.25) is 10.6 Å². The summed E-state index contributed by atoms with van der Waals surface area (Å²) in [5.74, 6) is 5.50. The number of hydrogen-bond donors (Lipinski definition) is 2. The number of rotatable bonds is 3. The van der Waals surface area contributed by atoms with E-state index in [4.69, 9.17) is 10.6 Å². The molecule has 3 N–H and O–H groups in total. The average Bonchev–Trinajstić information content (AvgIpc) is 2.46. The molecule has 0 aromatic heterocycles. The van der Waals surface area contributed by atoms with Crippen LogP contribution in [0.2, 0.25) is 0 Å². The van der Waals surface area contributed by atoms with Crippen molar-refractivity contribution in [3.8, 4) is 0 Å². The molecule has 2 rings (SSSR count). The molecule has 1 aromatic rings. The minimum absolute atomic E-state index is 0.00898. The molecule has 5 heteroatoms. The number of nitrogens with two attached hydrogens (primary N) is 1. The Balaban J connectivity index is 2.19. The van der Waals surface area contributed by atoms with Crippen molar-refractivity contribution < 1.29 is 9.53 Å². The predicted octanol–water partition coefficient (Wildman–Crippen LogP) is 1.53. The molecule has 1 fully saturated rings. The Kier molecular flexibility index (Phi) is 4.39. The molecule has 5 nitrogen and oxygen atoms in total. The fraction of sp³-hybridized carbons (Fsp3) is 0.500. The summed E-state index contributed by atoms with van der Waals surface area (Å²) in [6.45, 7) is 5.91. The summed E-state index contributed by atoms with van der Waals surface area (Å²) >= 11 is 0. The molecule has 1 aromatic carbocycles. The second-order valence-electron chi connectivity index (χ2n) is 4.85. The molecule has 1 unspecified atom stereocenters. The number of anilines is 1. The molecule has 0 bridgehead atoms. The minimum Gasteiger partial charge on any atom is -0.375 e. The normalized spacial score (nSPS) is 19.3. The first-order valence-electron chi connectivity index (χ1n) is 6.63. The smallest absolute Gasteiger partial charge is 0.256 e. The highest BCUT2D eigenvalue weighted by atomic mass is 16.5. The highest BCUT2D eigenvalue weighted by Gasteiger charge is 2.25. The number of morpholine rings is 1. The minimum atomic E-state index is 0.00898. The predicted molar refractivity (Wildman–Crippen MR) is 74.9 cm³/mol. The Morgan fingerprint density at radius 2 is 2.37 bits per heavy atom. The van der Waals surface area contributed by atoms with Crippen LogP contribution in [0.15, 0.2) is 18.2 Å². The zero-order valence-corrected chi connectivity index (χ0v) is 11.5. The Labute approximate surface area is 113 Å². The number of carbonyl (C=O) groups excluding carboxylic acids is 1. The Hall–Kier alpha value is -1.59. The van der Waals surface area contributed by atoms with E-state index in [2.05, 4.69) is 12.3 Å². The van der Waals surface area contributed by atoms with E-state index in [1.54, 1.807) is 0 Å². The van der Waals surface area contributed by atoms with E-state index in [0.717, 1.165) is 12.0 Å². The summed E-state index contributed by atoms with van der Waals surface area (Å²) in [6, 6.07) is 5.63. The van der Waals surface area contributed by atoms with Gasteiger partial charge in [0.2, 0.25) is 0 Å². The van der Waals surface area contributed by atoms with Gasteiger partial charge in [0.25, 0.3) is 5.91 Å². The number of ether oxygens (including phenoxy) is 1. The first kappa shape index (κ1) is 13.8. The lowest BCUT2D eigenvalue weighted by Gasteiger charge is -2.33. The highest BCUT2D eigenvalue weighted by molar-refractivity contribution is 5.99. The van der Waals surface area contributed by atoms with Crippen LogP contribution in [-0.2, 0) is 4.74 Å². The van der Waals surface area contributed by atoms with Crippen LogP contribution in [0.1, 0.15) is 29.3 Å². The Morgan fingerprint density at radius 1 is 1.58 bits per heavy atom. The van der Waals surface area contributed by atoms with Crippen LogP contribution < -0.4 is 11.3 Å². The van der Waals surface area contributed by atoms with Gasteiger partial charge in [0.05, 0.1) is 24.0 Å². The summed E-state index contributed by atoms with van der Waals surface area (Å²) in [5, 5.41) is 0. The standard InChI is InChI=1S/C14H21N3O2/c1-3-11-9-17(6-7-19-11)14(18)12-5-4-10(2)8-13(12)16-15/h4-5,8,11,16H,3,6-7,9,15H2,1-2H3. The first-order chi connectivity index (χ1) is 9.15. The van der Waals surface area contributed by atoms with E-state index in [1.807, 2.05) is 30.0 Å². The third kappa shape index (κ3) is 3.05. The van der Waals surface area contributed by atoms with Crippen LogP contribution in [-0.4, -0.2) is 36.6 Å². The molecule has 19 heavy (non-hydrogen) atoms. The summed E-state index contributed by atoms with van der Waals surface area (Å²) in [7, 11) is 0. The van der Waals surface area contributed by atoms with Crippen LogP contribution in [0, 0.1) is 6.92 Å². The maximum absolute atomic E-state index is 12.5. The van der Waals surface area contributed by atoms with Gasteiger partial charge in [0.15, 0.2) is 0 Å². The van der Waals surface area contributed by atoms with Crippen LogP contribution in [0.4, 0.5) is 5.69 Å². The van der Waals surface area contributed by atoms with Gasteiger partial charge in [-0.2, -0.15) is 0 Å². The number of carbonyl (C=O) groups is 1. The van der Waals surface area contributed by atoms with Gasteiger partial charge in [-0.15, -0.1) is 0 Å². The van der Waals surface area contributed by atoms with E-state index in [0.29, 0.717) is 30.9 Å². The van der Waals surface area contributed by atoms with Crippen LogP contribution in [0.25, 0.3) is 0 Å². The van der Waals surface area contributed by atoms with Crippen molar-refractivity contribution in [1.82, 2.24) is 4.90 Å².